The molecule has 1 N–H and O–H groups in total. The second-order valence-corrected chi connectivity index (χ2v) is 4.48. The van der Waals surface area contributed by atoms with Gasteiger partial charge in [-0.25, -0.2) is 4.68 Å². The minimum Gasteiger partial charge on any atom is -0.364 e. The number of halogens is 1. The molecule has 0 aromatic carbocycles. The minimum atomic E-state index is 0.509. The van der Waals surface area contributed by atoms with Crippen LogP contribution in [0.3, 0.4) is 0 Å². The van der Waals surface area contributed by atoms with Gasteiger partial charge < -0.3 is 5.32 Å². The van der Waals surface area contributed by atoms with Gasteiger partial charge in [-0.2, -0.15) is 5.10 Å². The Balaban J connectivity index is 2.03. The van der Waals surface area contributed by atoms with Crippen molar-refractivity contribution in [2.75, 3.05) is 5.32 Å². The van der Waals surface area contributed by atoms with Crippen LogP contribution in [0.1, 0.15) is 6.42 Å². The minimum absolute atomic E-state index is 0.509. The summed E-state index contributed by atoms with van der Waals surface area (Å²) in [6, 6.07) is 2.55. The predicted molar refractivity (Wildman–Crippen MR) is 54.6 cm³/mol. The molecule has 0 spiro atoms. The summed E-state index contributed by atoms with van der Waals surface area (Å²) in [5.41, 5.74) is 0. The molecule has 2 aliphatic rings. The number of hydrogen-bond acceptors (Lipinski definition) is 2. The highest BCUT2D eigenvalue weighted by Gasteiger charge is 2.25. The molecule has 1 aromatic rings. The van der Waals surface area contributed by atoms with Gasteiger partial charge in [-0.1, -0.05) is 12.2 Å². The van der Waals surface area contributed by atoms with Crippen LogP contribution in [-0.4, -0.2) is 15.8 Å². The topological polar surface area (TPSA) is 29.9 Å². The monoisotopic (exact) mass is 239 g/mol. The third-order valence-corrected chi connectivity index (χ3v) is 3.05. The van der Waals surface area contributed by atoms with Gasteiger partial charge in [-0.05, 0) is 28.3 Å². The smallest absolute Gasteiger partial charge is 0.130 e. The van der Waals surface area contributed by atoms with E-state index in [1.165, 1.54) is 6.42 Å². The Kier molecular flexibility index (Phi) is 1.53. The lowest BCUT2D eigenvalue weighted by Gasteiger charge is -2.09. The van der Waals surface area contributed by atoms with Gasteiger partial charge in [-0.15, -0.1) is 0 Å². The van der Waals surface area contributed by atoms with Crippen molar-refractivity contribution in [1.29, 1.82) is 0 Å². The van der Waals surface area contributed by atoms with Crippen molar-refractivity contribution in [3.8, 4) is 0 Å². The molecule has 3 nitrogen and oxygen atoms in total. The van der Waals surface area contributed by atoms with Crippen LogP contribution in [0.5, 0.6) is 0 Å². The summed E-state index contributed by atoms with van der Waals surface area (Å²) >= 11 is 3.39. The Morgan fingerprint density at radius 1 is 1.54 bits per heavy atom. The first-order valence-corrected chi connectivity index (χ1v) is 5.29. The number of nitrogens with one attached hydrogen (secondary N) is 1. The summed E-state index contributed by atoms with van der Waals surface area (Å²) in [6.45, 7) is 1.00. The first-order chi connectivity index (χ1) is 6.31. The SMILES string of the molecule is Brc1cc2n(n1)C[C@H]1C=C[C@H](C1)N2. The lowest BCUT2D eigenvalue weighted by molar-refractivity contribution is 0.498. The van der Waals surface area contributed by atoms with Crippen LogP contribution in [0, 0.1) is 5.92 Å². The van der Waals surface area contributed by atoms with Gasteiger partial charge in [0.25, 0.3) is 0 Å². The summed E-state index contributed by atoms with van der Waals surface area (Å²) < 4.78 is 2.95. The van der Waals surface area contributed by atoms with Crippen LogP contribution in [0.15, 0.2) is 22.8 Å². The molecule has 2 heterocycles. The van der Waals surface area contributed by atoms with Gasteiger partial charge in [0.1, 0.15) is 10.4 Å². The van der Waals surface area contributed by atoms with E-state index >= 15 is 0 Å². The van der Waals surface area contributed by atoms with Crippen molar-refractivity contribution in [1.82, 2.24) is 9.78 Å². The predicted octanol–water partition coefficient (Wildman–Crippen LogP) is 2.02. The van der Waals surface area contributed by atoms with Gasteiger partial charge >= 0.3 is 0 Å². The second-order valence-electron chi connectivity index (χ2n) is 3.67. The zero-order chi connectivity index (χ0) is 8.84. The molecule has 2 atom stereocenters. The molecule has 3 rings (SSSR count). The molecule has 2 bridgehead atoms. The van der Waals surface area contributed by atoms with E-state index in [1.807, 2.05) is 10.7 Å². The Hall–Kier alpha value is -0.770. The van der Waals surface area contributed by atoms with E-state index in [-0.39, 0.29) is 0 Å². The van der Waals surface area contributed by atoms with Crippen LogP contribution in [0.2, 0.25) is 0 Å². The Morgan fingerprint density at radius 3 is 3.38 bits per heavy atom. The van der Waals surface area contributed by atoms with Gasteiger partial charge in [0.2, 0.25) is 0 Å². The molecular weight excluding hydrogens is 230 g/mol. The second kappa shape index (κ2) is 2.61. The standard InChI is InChI=1S/C9H10BrN3/c10-8-4-9-11-7-2-1-6(3-7)5-13(9)12-8/h1-2,4,6-7,11H,3,5H2/t6-,7+/m0/s1. The Labute approximate surface area is 84.9 Å². The van der Waals surface area contributed by atoms with E-state index in [4.69, 9.17) is 0 Å². The number of anilines is 1. The molecule has 13 heavy (non-hydrogen) atoms. The fraction of sp³-hybridized carbons (Fsp3) is 0.444. The Bertz CT molecular complexity index is 337. The molecule has 0 saturated heterocycles. The van der Waals surface area contributed by atoms with Crippen molar-refractivity contribution in [2.45, 2.75) is 19.0 Å². The summed E-state index contributed by atoms with van der Waals surface area (Å²) in [4.78, 5) is 0. The number of hydrogen-bond donors (Lipinski definition) is 1. The molecule has 0 fully saturated rings. The maximum atomic E-state index is 4.37. The van der Waals surface area contributed by atoms with Crippen LogP contribution in [0.4, 0.5) is 5.82 Å². The average molecular weight is 240 g/mol. The van der Waals surface area contributed by atoms with E-state index in [0.29, 0.717) is 12.0 Å². The molecule has 0 saturated carbocycles. The normalized spacial score (nSPS) is 29.6. The molecule has 0 radical (unpaired) electrons. The first kappa shape index (κ1) is 7.62. The molecule has 1 aliphatic heterocycles. The van der Waals surface area contributed by atoms with E-state index in [1.54, 1.807) is 0 Å². The molecule has 0 unspecified atom stereocenters. The highest BCUT2D eigenvalue weighted by Crippen LogP contribution is 2.29. The lowest BCUT2D eigenvalue weighted by atomic mass is 10.1. The average Bonchev–Trinajstić information content (AvgIpc) is 2.57. The molecule has 68 valence electrons. The Morgan fingerprint density at radius 2 is 2.46 bits per heavy atom. The summed E-state index contributed by atoms with van der Waals surface area (Å²) in [7, 11) is 0. The molecular formula is C9H10BrN3. The van der Waals surface area contributed by atoms with Crippen LogP contribution in [0.25, 0.3) is 0 Å². The number of fused-ring (bicyclic) bond motifs is 3. The number of nitrogens with zero attached hydrogens (tertiary/aromatic N) is 2. The number of aromatic nitrogens is 2. The summed E-state index contributed by atoms with van der Waals surface area (Å²) in [5.74, 6) is 1.79. The van der Waals surface area contributed by atoms with Crippen molar-refractivity contribution < 1.29 is 0 Å². The first-order valence-electron chi connectivity index (χ1n) is 4.49. The van der Waals surface area contributed by atoms with Crippen molar-refractivity contribution in [3.05, 3.63) is 22.8 Å². The fourth-order valence-electron chi connectivity index (χ4n) is 2.07. The van der Waals surface area contributed by atoms with E-state index in [0.717, 1.165) is 17.0 Å². The molecule has 1 aliphatic carbocycles. The summed E-state index contributed by atoms with van der Waals surface area (Å²) in [6.07, 6.45) is 5.76. The van der Waals surface area contributed by atoms with Crippen LogP contribution in [-0.2, 0) is 6.54 Å². The van der Waals surface area contributed by atoms with Crippen LogP contribution < -0.4 is 5.32 Å². The highest BCUT2D eigenvalue weighted by molar-refractivity contribution is 9.10. The quantitative estimate of drug-likeness (QED) is 0.703. The zero-order valence-corrected chi connectivity index (χ0v) is 8.66. The van der Waals surface area contributed by atoms with E-state index in [9.17, 15) is 0 Å². The van der Waals surface area contributed by atoms with Gasteiger partial charge in [0.05, 0.1) is 0 Å². The number of rotatable bonds is 0. The fourth-order valence-corrected chi connectivity index (χ4v) is 2.48. The van der Waals surface area contributed by atoms with Crippen molar-refractivity contribution in [3.63, 3.8) is 0 Å². The van der Waals surface area contributed by atoms with Crippen molar-refractivity contribution >= 4 is 21.7 Å². The zero-order valence-electron chi connectivity index (χ0n) is 7.07. The van der Waals surface area contributed by atoms with E-state index in [2.05, 4.69) is 38.5 Å². The lowest BCUT2D eigenvalue weighted by Crippen LogP contribution is -2.13. The highest BCUT2D eigenvalue weighted by atomic mass is 79.9. The summed E-state index contributed by atoms with van der Waals surface area (Å²) in [5, 5.41) is 7.82. The van der Waals surface area contributed by atoms with E-state index < -0.39 is 0 Å². The van der Waals surface area contributed by atoms with Gasteiger partial charge in [-0.3, -0.25) is 0 Å². The maximum Gasteiger partial charge on any atom is 0.130 e. The maximum absolute atomic E-state index is 4.37. The molecule has 1 aromatic heterocycles. The molecule has 0 amide bonds. The third kappa shape index (κ3) is 1.20. The van der Waals surface area contributed by atoms with Gasteiger partial charge in [0.15, 0.2) is 0 Å². The van der Waals surface area contributed by atoms with Crippen molar-refractivity contribution in [2.24, 2.45) is 5.92 Å². The molecule has 4 heteroatoms. The third-order valence-electron chi connectivity index (χ3n) is 2.66. The largest absolute Gasteiger partial charge is 0.364 e. The van der Waals surface area contributed by atoms with Gasteiger partial charge in [0, 0.05) is 18.7 Å². The number of allylic oxidation sites excluding steroid dienone is 1. The van der Waals surface area contributed by atoms with Crippen LogP contribution >= 0.6 is 15.9 Å².